The van der Waals surface area contributed by atoms with Crippen molar-refractivity contribution in [1.29, 1.82) is 5.26 Å². The lowest BCUT2D eigenvalue weighted by atomic mass is 10.1. The number of benzene rings is 2. The Kier molecular flexibility index (Phi) is 9.24. The summed E-state index contributed by atoms with van der Waals surface area (Å²) in [6.07, 6.45) is 2.97. The second-order valence-corrected chi connectivity index (χ2v) is 10.8. The van der Waals surface area contributed by atoms with Gasteiger partial charge < -0.3 is 14.2 Å². The van der Waals surface area contributed by atoms with Crippen LogP contribution in [0.2, 0.25) is 5.02 Å². The van der Waals surface area contributed by atoms with Gasteiger partial charge in [-0.25, -0.2) is 8.42 Å². The van der Waals surface area contributed by atoms with Gasteiger partial charge in [0, 0.05) is 17.7 Å². The number of rotatable bonds is 11. The predicted molar refractivity (Wildman–Crippen MR) is 135 cm³/mol. The standard InChI is InChI=1S/C23H21ClN4O6S2/c1-32-20-13-15(4-9-19(20)34-11-3-10-33-18-7-5-17(24)6-8-18)12-16(14-25)21(29)26-22-27-28-23(35-22)36(2,30)31/h4-9,12-13H,3,10-11H2,1-2H3,(H,26,27,29)/b16-12-. The first kappa shape index (κ1) is 26.9. The predicted octanol–water partition coefficient (Wildman–Crippen LogP) is 4.00. The third-order valence-corrected chi connectivity index (χ3v) is 7.20. The van der Waals surface area contributed by atoms with E-state index in [0.29, 0.717) is 58.8 Å². The fourth-order valence-corrected chi connectivity index (χ4v) is 4.37. The van der Waals surface area contributed by atoms with Gasteiger partial charge in [0.15, 0.2) is 11.5 Å². The summed E-state index contributed by atoms with van der Waals surface area (Å²) in [6, 6.07) is 13.8. The van der Waals surface area contributed by atoms with Crippen molar-refractivity contribution < 1.29 is 27.4 Å². The molecule has 188 valence electrons. The Morgan fingerprint density at radius 2 is 1.86 bits per heavy atom. The first-order chi connectivity index (χ1) is 17.2. The number of carbonyl (C=O) groups is 1. The zero-order valence-corrected chi connectivity index (χ0v) is 21.6. The minimum atomic E-state index is -3.55. The van der Waals surface area contributed by atoms with Gasteiger partial charge in [-0.05, 0) is 48.0 Å². The van der Waals surface area contributed by atoms with E-state index in [1.165, 1.54) is 13.2 Å². The molecule has 1 amide bonds. The molecule has 0 atom stereocenters. The molecule has 0 aliphatic carbocycles. The molecule has 1 heterocycles. The van der Waals surface area contributed by atoms with E-state index in [2.05, 4.69) is 15.5 Å². The lowest BCUT2D eigenvalue weighted by Gasteiger charge is -2.12. The minimum Gasteiger partial charge on any atom is -0.493 e. The Hall–Kier alpha value is -3.66. The Labute approximate surface area is 217 Å². The molecule has 3 rings (SSSR count). The zero-order chi connectivity index (χ0) is 26.1. The number of carbonyl (C=O) groups excluding carboxylic acids is 1. The van der Waals surface area contributed by atoms with Gasteiger partial charge in [0.1, 0.15) is 17.4 Å². The Balaban J connectivity index is 1.59. The third kappa shape index (κ3) is 7.67. The number of nitrogens with one attached hydrogen (secondary N) is 1. The van der Waals surface area contributed by atoms with E-state index >= 15 is 0 Å². The van der Waals surface area contributed by atoms with Crippen molar-refractivity contribution in [3.05, 3.63) is 58.6 Å². The summed E-state index contributed by atoms with van der Waals surface area (Å²) >= 11 is 6.54. The third-order valence-electron chi connectivity index (χ3n) is 4.44. The summed E-state index contributed by atoms with van der Waals surface area (Å²) < 4.78 is 39.6. The monoisotopic (exact) mass is 548 g/mol. The van der Waals surface area contributed by atoms with Crippen LogP contribution in [0.5, 0.6) is 17.2 Å². The molecule has 0 aliphatic rings. The summed E-state index contributed by atoms with van der Waals surface area (Å²) in [4.78, 5) is 12.5. The second-order valence-electron chi connectivity index (χ2n) is 7.18. The van der Waals surface area contributed by atoms with Crippen molar-refractivity contribution in [3.8, 4) is 23.3 Å². The fraction of sp³-hybridized carbons (Fsp3) is 0.217. The molecule has 0 spiro atoms. The highest BCUT2D eigenvalue weighted by molar-refractivity contribution is 7.92. The number of anilines is 1. The molecule has 0 fully saturated rings. The van der Waals surface area contributed by atoms with Gasteiger partial charge in [0.25, 0.3) is 5.91 Å². The number of nitriles is 1. The van der Waals surface area contributed by atoms with Gasteiger partial charge in [-0.1, -0.05) is 29.0 Å². The first-order valence-electron chi connectivity index (χ1n) is 10.4. The summed E-state index contributed by atoms with van der Waals surface area (Å²) in [6.45, 7) is 0.827. The lowest BCUT2D eigenvalue weighted by molar-refractivity contribution is -0.112. The van der Waals surface area contributed by atoms with Crippen LogP contribution in [0.25, 0.3) is 6.08 Å². The SMILES string of the molecule is COc1cc(/C=C(/C#N)C(=O)Nc2nnc(S(C)(=O)=O)s2)ccc1OCCCOc1ccc(Cl)cc1. The number of aromatic nitrogens is 2. The maximum absolute atomic E-state index is 12.5. The molecule has 36 heavy (non-hydrogen) atoms. The quantitative estimate of drug-likeness (QED) is 0.163. The van der Waals surface area contributed by atoms with E-state index < -0.39 is 15.7 Å². The summed E-state index contributed by atoms with van der Waals surface area (Å²) in [5.41, 5.74) is 0.298. The highest BCUT2D eigenvalue weighted by Gasteiger charge is 2.17. The van der Waals surface area contributed by atoms with Crippen LogP contribution in [-0.4, -0.2) is 51.1 Å². The van der Waals surface area contributed by atoms with Gasteiger partial charge in [0.2, 0.25) is 19.3 Å². The highest BCUT2D eigenvalue weighted by Crippen LogP contribution is 2.29. The van der Waals surface area contributed by atoms with E-state index in [1.807, 2.05) is 6.07 Å². The maximum Gasteiger partial charge on any atom is 0.268 e. The molecule has 0 bridgehead atoms. The topological polar surface area (TPSA) is 140 Å². The summed E-state index contributed by atoms with van der Waals surface area (Å²) in [7, 11) is -2.07. The molecule has 0 unspecified atom stereocenters. The second kappa shape index (κ2) is 12.3. The largest absolute Gasteiger partial charge is 0.493 e. The van der Waals surface area contributed by atoms with Crippen molar-refractivity contribution in [1.82, 2.24) is 10.2 Å². The number of methoxy groups -OCH3 is 1. The average Bonchev–Trinajstić information content (AvgIpc) is 3.33. The number of hydrogen-bond acceptors (Lipinski definition) is 10. The Morgan fingerprint density at radius 1 is 1.14 bits per heavy atom. The van der Waals surface area contributed by atoms with Crippen LogP contribution in [0.15, 0.2) is 52.4 Å². The van der Waals surface area contributed by atoms with Crippen LogP contribution < -0.4 is 19.5 Å². The molecule has 0 saturated carbocycles. The molecule has 0 saturated heterocycles. The number of nitrogens with zero attached hydrogens (tertiary/aromatic N) is 3. The lowest BCUT2D eigenvalue weighted by Crippen LogP contribution is -2.13. The normalized spacial score (nSPS) is 11.4. The van der Waals surface area contributed by atoms with E-state index in [1.54, 1.807) is 42.5 Å². The molecular formula is C23H21ClN4O6S2. The average molecular weight is 549 g/mol. The summed E-state index contributed by atoms with van der Waals surface area (Å²) in [5, 5.41) is 19.5. The molecule has 3 aromatic rings. The molecule has 1 N–H and O–H groups in total. The number of halogens is 1. The van der Waals surface area contributed by atoms with Crippen LogP contribution in [-0.2, 0) is 14.6 Å². The van der Waals surface area contributed by atoms with Crippen molar-refractivity contribution in [2.45, 2.75) is 10.8 Å². The molecule has 10 nitrogen and oxygen atoms in total. The molecule has 13 heteroatoms. The van der Waals surface area contributed by atoms with Crippen LogP contribution >= 0.6 is 22.9 Å². The molecule has 0 radical (unpaired) electrons. The van der Waals surface area contributed by atoms with Crippen molar-refractivity contribution in [3.63, 3.8) is 0 Å². The number of ether oxygens (including phenoxy) is 3. The highest BCUT2D eigenvalue weighted by atomic mass is 35.5. The fourth-order valence-electron chi connectivity index (χ4n) is 2.74. The van der Waals surface area contributed by atoms with Crippen molar-refractivity contribution in [2.75, 3.05) is 31.9 Å². The molecular weight excluding hydrogens is 528 g/mol. The van der Waals surface area contributed by atoms with E-state index in [9.17, 15) is 18.5 Å². The van der Waals surface area contributed by atoms with Gasteiger partial charge in [0.05, 0.1) is 20.3 Å². The zero-order valence-electron chi connectivity index (χ0n) is 19.2. The van der Waals surface area contributed by atoms with E-state index in [0.717, 1.165) is 6.26 Å². The van der Waals surface area contributed by atoms with Crippen LogP contribution in [0.3, 0.4) is 0 Å². The van der Waals surface area contributed by atoms with Crippen molar-refractivity contribution in [2.24, 2.45) is 0 Å². The minimum absolute atomic E-state index is 0.0389. The number of sulfone groups is 1. The maximum atomic E-state index is 12.5. The van der Waals surface area contributed by atoms with Gasteiger partial charge in [-0.15, -0.1) is 10.2 Å². The van der Waals surface area contributed by atoms with E-state index in [-0.39, 0.29) is 15.0 Å². The Bertz CT molecular complexity index is 1400. The smallest absolute Gasteiger partial charge is 0.268 e. The van der Waals surface area contributed by atoms with Crippen LogP contribution in [0, 0.1) is 11.3 Å². The molecule has 1 aromatic heterocycles. The van der Waals surface area contributed by atoms with Gasteiger partial charge in [-0.3, -0.25) is 10.1 Å². The van der Waals surface area contributed by atoms with Gasteiger partial charge >= 0.3 is 0 Å². The number of hydrogen-bond donors (Lipinski definition) is 1. The van der Waals surface area contributed by atoms with Crippen molar-refractivity contribution >= 4 is 49.9 Å². The Morgan fingerprint density at radius 3 is 2.50 bits per heavy atom. The van der Waals surface area contributed by atoms with Crippen LogP contribution in [0.4, 0.5) is 5.13 Å². The molecule has 0 aliphatic heterocycles. The van der Waals surface area contributed by atoms with Gasteiger partial charge in [-0.2, -0.15) is 5.26 Å². The van der Waals surface area contributed by atoms with Crippen LogP contribution in [0.1, 0.15) is 12.0 Å². The first-order valence-corrected chi connectivity index (χ1v) is 13.4. The molecule has 2 aromatic carbocycles. The number of amides is 1. The summed E-state index contributed by atoms with van der Waals surface area (Å²) in [5.74, 6) is 0.870. The van der Waals surface area contributed by atoms with E-state index in [4.69, 9.17) is 25.8 Å².